The van der Waals surface area contributed by atoms with E-state index in [1.807, 2.05) is 24.3 Å². The first-order valence-corrected chi connectivity index (χ1v) is 7.77. The van der Waals surface area contributed by atoms with Crippen molar-refractivity contribution in [3.05, 3.63) is 59.7 Å². The van der Waals surface area contributed by atoms with E-state index >= 15 is 0 Å². The summed E-state index contributed by atoms with van der Waals surface area (Å²) in [6, 6.07) is 11.2. The second-order valence-corrected chi connectivity index (χ2v) is 5.13. The molecule has 2 rings (SSSR count). The van der Waals surface area contributed by atoms with Gasteiger partial charge in [-0.1, -0.05) is 12.1 Å². The molecule has 0 amide bonds. The van der Waals surface area contributed by atoms with Gasteiger partial charge in [0.15, 0.2) is 17.6 Å². The molecule has 0 aromatic heterocycles. The number of hydrogen-bond donors (Lipinski definition) is 2. The van der Waals surface area contributed by atoms with Gasteiger partial charge in [0, 0.05) is 19.7 Å². The summed E-state index contributed by atoms with van der Waals surface area (Å²) in [4.78, 5) is 4.11. The van der Waals surface area contributed by atoms with Crippen LogP contribution in [0.3, 0.4) is 0 Å². The molecule has 0 saturated heterocycles. The molecule has 25 heavy (non-hydrogen) atoms. The first-order valence-electron chi connectivity index (χ1n) is 7.77. The number of aliphatic imine (C=N–C) groups is 1. The maximum absolute atomic E-state index is 13.1. The maximum Gasteiger partial charge on any atom is 0.191 e. The summed E-state index contributed by atoms with van der Waals surface area (Å²) in [5.74, 6) is -0.146. The molecule has 2 aromatic carbocycles. The number of rotatable bonds is 7. The molecule has 0 aliphatic heterocycles. The fourth-order valence-corrected chi connectivity index (χ4v) is 2.09. The highest BCUT2D eigenvalue weighted by molar-refractivity contribution is 5.79. The molecule has 0 atom stereocenters. The van der Waals surface area contributed by atoms with Crippen LogP contribution < -0.4 is 20.1 Å². The lowest BCUT2D eigenvalue weighted by Crippen LogP contribution is -2.38. The lowest BCUT2D eigenvalue weighted by atomic mass is 10.2. The Bertz CT molecular complexity index is 723. The van der Waals surface area contributed by atoms with Crippen LogP contribution in [0.25, 0.3) is 0 Å². The predicted octanol–water partition coefficient (Wildman–Crippen LogP) is 2.72. The van der Waals surface area contributed by atoms with Crippen LogP contribution in [0, 0.1) is 11.6 Å². The van der Waals surface area contributed by atoms with Gasteiger partial charge >= 0.3 is 0 Å². The molecule has 2 N–H and O–H groups in total. The summed E-state index contributed by atoms with van der Waals surface area (Å²) in [5, 5.41) is 6.25. The van der Waals surface area contributed by atoms with Gasteiger partial charge in [0.25, 0.3) is 0 Å². The lowest BCUT2D eigenvalue weighted by Gasteiger charge is -2.13. The largest absolute Gasteiger partial charge is 0.497 e. The number of halogens is 2. The van der Waals surface area contributed by atoms with Crippen molar-refractivity contribution in [2.45, 2.75) is 6.54 Å². The summed E-state index contributed by atoms with van der Waals surface area (Å²) in [6.07, 6.45) is 0. The minimum atomic E-state index is -0.929. The normalized spacial score (nSPS) is 11.1. The minimum Gasteiger partial charge on any atom is -0.497 e. The van der Waals surface area contributed by atoms with Gasteiger partial charge in [-0.25, -0.2) is 8.78 Å². The maximum atomic E-state index is 13.1. The summed E-state index contributed by atoms with van der Waals surface area (Å²) < 4.78 is 36.5. The first kappa shape index (κ1) is 18.5. The van der Waals surface area contributed by atoms with E-state index in [0.29, 0.717) is 19.0 Å². The highest BCUT2D eigenvalue weighted by atomic mass is 19.2. The van der Waals surface area contributed by atoms with Crippen LogP contribution in [-0.4, -0.2) is 33.3 Å². The molecule has 0 heterocycles. The zero-order valence-corrected chi connectivity index (χ0v) is 14.2. The summed E-state index contributed by atoms with van der Waals surface area (Å²) >= 11 is 0. The van der Waals surface area contributed by atoms with E-state index in [1.165, 1.54) is 6.07 Å². The van der Waals surface area contributed by atoms with Crippen LogP contribution in [0.1, 0.15) is 5.56 Å². The van der Waals surface area contributed by atoms with Crippen molar-refractivity contribution >= 4 is 5.96 Å². The molecule has 0 aliphatic rings. The van der Waals surface area contributed by atoms with Crippen LogP contribution in [0.2, 0.25) is 0 Å². The Hall–Kier alpha value is -2.83. The van der Waals surface area contributed by atoms with Gasteiger partial charge in [-0.15, -0.1) is 0 Å². The Kier molecular flexibility index (Phi) is 7.00. The standard InChI is InChI=1S/C18H21F2N3O2/c1-21-18(23-12-13-4-3-5-14(10-13)24-2)22-8-9-25-15-6-7-16(19)17(20)11-15/h3-7,10-11H,8-9,12H2,1-2H3,(H2,21,22,23). The number of ether oxygens (including phenoxy) is 2. The zero-order chi connectivity index (χ0) is 18.1. The highest BCUT2D eigenvalue weighted by Gasteiger charge is 2.03. The van der Waals surface area contributed by atoms with E-state index in [-0.39, 0.29) is 12.4 Å². The second kappa shape index (κ2) is 9.46. The van der Waals surface area contributed by atoms with Crippen LogP contribution in [0.15, 0.2) is 47.5 Å². The third-order valence-electron chi connectivity index (χ3n) is 3.37. The first-order chi connectivity index (χ1) is 12.1. The lowest BCUT2D eigenvalue weighted by molar-refractivity contribution is 0.318. The molecule has 0 saturated carbocycles. The van der Waals surface area contributed by atoms with Gasteiger partial charge in [0.05, 0.1) is 13.7 Å². The fraction of sp³-hybridized carbons (Fsp3) is 0.278. The van der Waals surface area contributed by atoms with Crippen molar-refractivity contribution in [1.82, 2.24) is 10.6 Å². The molecule has 0 aliphatic carbocycles. The summed E-state index contributed by atoms with van der Waals surface area (Å²) in [6.45, 7) is 1.32. The Morgan fingerprint density at radius 1 is 1.04 bits per heavy atom. The van der Waals surface area contributed by atoms with E-state index in [0.717, 1.165) is 23.4 Å². The molecular formula is C18H21F2N3O2. The Labute approximate surface area is 145 Å². The fourth-order valence-electron chi connectivity index (χ4n) is 2.09. The highest BCUT2D eigenvalue weighted by Crippen LogP contribution is 2.15. The number of methoxy groups -OCH3 is 1. The average molecular weight is 349 g/mol. The Balaban J connectivity index is 1.73. The molecule has 134 valence electrons. The van der Waals surface area contributed by atoms with Crippen LogP contribution in [-0.2, 0) is 6.54 Å². The molecule has 7 heteroatoms. The second-order valence-electron chi connectivity index (χ2n) is 5.13. The SMILES string of the molecule is CN=C(NCCOc1ccc(F)c(F)c1)NCc1cccc(OC)c1. The molecule has 0 bridgehead atoms. The van der Waals surface area contributed by atoms with Gasteiger partial charge in [0.1, 0.15) is 18.1 Å². The molecule has 0 unspecified atom stereocenters. The predicted molar refractivity (Wildman–Crippen MR) is 93.0 cm³/mol. The number of benzene rings is 2. The van der Waals surface area contributed by atoms with Crippen molar-refractivity contribution in [1.29, 1.82) is 0 Å². The Morgan fingerprint density at radius 2 is 1.88 bits per heavy atom. The number of nitrogens with zero attached hydrogens (tertiary/aromatic N) is 1. The average Bonchev–Trinajstić information content (AvgIpc) is 2.64. The summed E-state index contributed by atoms with van der Waals surface area (Å²) in [5.41, 5.74) is 1.06. The minimum absolute atomic E-state index is 0.278. The van der Waals surface area contributed by atoms with Gasteiger partial charge < -0.3 is 20.1 Å². The third-order valence-corrected chi connectivity index (χ3v) is 3.37. The topological polar surface area (TPSA) is 54.9 Å². The zero-order valence-electron chi connectivity index (χ0n) is 14.2. The molecular weight excluding hydrogens is 328 g/mol. The molecule has 5 nitrogen and oxygen atoms in total. The number of hydrogen-bond acceptors (Lipinski definition) is 3. The van der Waals surface area contributed by atoms with Crippen molar-refractivity contribution in [2.75, 3.05) is 27.3 Å². The monoisotopic (exact) mass is 349 g/mol. The van der Waals surface area contributed by atoms with Gasteiger partial charge in [-0.3, -0.25) is 4.99 Å². The smallest absolute Gasteiger partial charge is 0.191 e. The van der Waals surface area contributed by atoms with Crippen LogP contribution in [0.5, 0.6) is 11.5 Å². The molecule has 0 fully saturated rings. The van der Waals surface area contributed by atoms with Crippen molar-refractivity contribution in [3.63, 3.8) is 0 Å². The van der Waals surface area contributed by atoms with Crippen molar-refractivity contribution in [2.24, 2.45) is 4.99 Å². The van der Waals surface area contributed by atoms with E-state index < -0.39 is 11.6 Å². The Morgan fingerprint density at radius 3 is 2.60 bits per heavy atom. The quantitative estimate of drug-likeness (QED) is 0.458. The number of nitrogens with one attached hydrogen (secondary N) is 2. The summed E-state index contributed by atoms with van der Waals surface area (Å²) in [7, 11) is 3.29. The van der Waals surface area contributed by atoms with Gasteiger partial charge in [0.2, 0.25) is 0 Å². The molecule has 2 aromatic rings. The van der Waals surface area contributed by atoms with E-state index in [4.69, 9.17) is 9.47 Å². The van der Waals surface area contributed by atoms with Gasteiger partial charge in [-0.05, 0) is 29.8 Å². The van der Waals surface area contributed by atoms with Gasteiger partial charge in [-0.2, -0.15) is 0 Å². The molecule has 0 radical (unpaired) electrons. The van der Waals surface area contributed by atoms with Crippen LogP contribution >= 0.6 is 0 Å². The van der Waals surface area contributed by atoms with Crippen LogP contribution in [0.4, 0.5) is 8.78 Å². The molecule has 0 spiro atoms. The van der Waals surface area contributed by atoms with E-state index in [9.17, 15) is 8.78 Å². The van der Waals surface area contributed by atoms with Crippen molar-refractivity contribution in [3.8, 4) is 11.5 Å². The number of guanidine groups is 1. The van der Waals surface area contributed by atoms with Crippen molar-refractivity contribution < 1.29 is 18.3 Å². The van der Waals surface area contributed by atoms with E-state index in [2.05, 4.69) is 15.6 Å². The van der Waals surface area contributed by atoms with E-state index in [1.54, 1.807) is 14.2 Å². The third kappa shape index (κ3) is 5.95.